The number of hydrogen-bond donors (Lipinski definition) is 0. The van der Waals surface area contributed by atoms with Crippen LogP contribution < -0.4 is 0 Å². The molecule has 0 spiro atoms. The molecule has 0 rings (SSSR count). The topological polar surface area (TPSA) is 9.23 Å². The van der Waals surface area contributed by atoms with Crippen LogP contribution in [0.2, 0.25) is 0 Å². The summed E-state index contributed by atoms with van der Waals surface area (Å²) in [6, 6.07) is 0. The average Bonchev–Trinajstić information content (AvgIpc) is 2.01. The fourth-order valence-electron chi connectivity index (χ4n) is 0.370. The Kier molecular flexibility index (Phi) is 4.16. The summed E-state index contributed by atoms with van der Waals surface area (Å²) in [5, 5.41) is 0. The molecular formula is C6H7F7O. The van der Waals surface area contributed by atoms with Gasteiger partial charge in [0.1, 0.15) is 6.61 Å². The third-order valence-electron chi connectivity index (χ3n) is 1.24. The summed E-state index contributed by atoms with van der Waals surface area (Å²) in [4.78, 5) is 0. The highest BCUT2D eigenvalue weighted by Crippen LogP contribution is 2.29. The molecular weight excluding hydrogens is 221 g/mol. The van der Waals surface area contributed by atoms with E-state index in [0.29, 0.717) is 6.92 Å². The van der Waals surface area contributed by atoms with Crippen LogP contribution in [0.15, 0.2) is 0 Å². The first-order valence-corrected chi connectivity index (χ1v) is 3.41. The van der Waals surface area contributed by atoms with Crippen LogP contribution in [-0.2, 0) is 4.74 Å². The zero-order chi connectivity index (χ0) is 11.6. The summed E-state index contributed by atoms with van der Waals surface area (Å²) >= 11 is 0. The minimum atomic E-state index is -4.71. The summed E-state index contributed by atoms with van der Waals surface area (Å²) < 4.78 is 86.2. The smallest absolute Gasteiger partial charge is 0.312 e. The van der Waals surface area contributed by atoms with Crippen molar-refractivity contribution in [2.24, 2.45) is 0 Å². The first kappa shape index (κ1) is 13.5. The lowest BCUT2D eigenvalue weighted by Gasteiger charge is -2.21. The second-order valence-corrected chi connectivity index (χ2v) is 2.53. The Bertz CT molecular complexity index is 159. The van der Waals surface area contributed by atoms with Crippen molar-refractivity contribution in [1.29, 1.82) is 0 Å². The molecule has 0 saturated carbocycles. The number of alkyl halides is 7. The quantitative estimate of drug-likeness (QED) is 0.657. The molecule has 0 N–H and O–H groups in total. The van der Waals surface area contributed by atoms with E-state index in [1.807, 2.05) is 0 Å². The molecule has 0 bridgehead atoms. The molecule has 8 heteroatoms. The first-order valence-electron chi connectivity index (χ1n) is 3.41. The third-order valence-corrected chi connectivity index (χ3v) is 1.24. The van der Waals surface area contributed by atoms with Crippen molar-refractivity contribution in [3.05, 3.63) is 0 Å². The normalized spacial score (nSPS) is 16.1. The largest absolute Gasteiger partial charge is 0.386 e. The molecule has 0 aliphatic rings. The molecule has 0 radical (unpaired) electrons. The van der Waals surface area contributed by atoms with Crippen molar-refractivity contribution in [2.45, 2.75) is 31.6 Å². The van der Waals surface area contributed by atoms with E-state index < -0.39 is 31.2 Å². The van der Waals surface area contributed by atoms with Crippen molar-refractivity contribution in [3.8, 4) is 0 Å². The van der Waals surface area contributed by atoms with Crippen molar-refractivity contribution in [3.63, 3.8) is 0 Å². The molecule has 0 aliphatic heterocycles. The Morgan fingerprint density at radius 3 is 1.79 bits per heavy atom. The zero-order valence-electron chi connectivity index (χ0n) is 6.92. The highest BCUT2D eigenvalue weighted by molar-refractivity contribution is 4.70. The maximum Gasteiger partial charge on any atom is 0.386 e. The first-order chi connectivity index (χ1) is 6.09. The molecule has 0 aromatic heterocycles. The van der Waals surface area contributed by atoms with Gasteiger partial charge in [0.05, 0.1) is 0 Å². The Labute approximate surface area is 74.8 Å². The van der Waals surface area contributed by atoms with Crippen LogP contribution in [-0.4, -0.2) is 31.2 Å². The van der Waals surface area contributed by atoms with Crippen molar-refractivity contribution in [2.75, 3.05) is 6.61 Å². The number of halogens is 7. The summed E-state index contributed by atoms with van der Waals surface area (Å²) in [5.41, 5.74) is 0. The van der Waals surface area contributed by atoms with E-state index in [-0.39, 0.29) is 0 Å². The zero-order valence-corrected chi connectivity index (χ0v) is 6.92. The number of ether oxygens (including phenoxy) is 1. The van der Waals surface area contributed by atoms with Crippen LogP contribution in [0.4, 0.5) is 30.7 Å². The average molecular weight is 228 g/mol. The lowest BCUT2D eigenvalue weighted by atomic mass is 10.3. The maximum absolute atomic E-state index is 12.2. The minimum absolute atomic E-state index is 0.362. The molecule has 86 valence electrons. The van der Waals surface area contributed by atoms with Gasteiger partial charge in [0, 0.05) is 0 Å². The van der Waals surface area contributed by atoms with Gasteiger partial charge < -0.3 is 4.74 Å². The van der Waals surface area contributed by atoms with E-state index in [9.17, 15) is 30.7 Å². The molecule has 1 atom stereocenters. The molecule has 14 heavy (non-hydrogen) atoms. The van der Waals surface area contributed by atoms with E-state index in [1.165, 1.54) is 0 Å². The fourth-order valence-corrected chi connectivity index (χ4v) is 0.370. The predicted molar refractivity (Wildman–Crippen MR) is 32.4 cm³/mol. The van der Waals surface area contributed by atoms with Gasteiger partial charge in [0.15, 0.2) is 6.17 Å². The molecule has 1 nitrogen and oxygen atoms in total. The molecule has 0 heterocycles. The highest BCUT2D eigenvalue weighted by Gasteiger charge is 2.47. The Hall–Kier alpha value is -0.530. The van der Waals surface area contributed by atoms with Crippen LogP contribution >= 0.6 is 0 Å². The van der Waals surface area contributed by atoms with E-state index in [1.54, 1.807) is 0 Å². The third kappa shape index (κ3) is 3.69. The van der Waals surface area contributed by atoms with Crippen LogP contribution in [0.3, 0.4) is 0 Å². The van der Waals surface area contributed by atoms with Gasteiger partial charge in [-0.25, -0.2) is 13.2 Å². The lowest BCUT2D eigenvalue weighted by molar-refractivity contribution is -0.302. The van der Waals surface area contributed by atoms with Gasteiger partial charge in [0.2, 0.25) is 0 Å². The van der Waals surface area contributed by atoms with Gasteiger partial charge in [-0.1, -0.05) is 0 Å². The molecule has 1 unspecified atom stereocenters. The second-order valence-electron chi connectivity index (χ2n) is 2.53. The predicted octanol–water partition coefficient (Wildman–Crippen LogP) is 2.85. The number of hydrogen-bond acceptors (Lipinski definition) is 1. The standard InChI is InChI=1S/C6H7F7O/c1-3(7)6(12,13)14-2-5(10,11)4(8)9/h3-4H,2H2,1H3. The molecule has 0 fully saturated rings. The van der Waals surface area contributed by atoms with Gasteiger partial charge in [-0.3, -0.25) is 0 Å². The molecule has 0 aliphatic carbocycles. The Balaban J connectivity index is 4.18. The van der Waals surface area contributed by atoms with Gasteiger partial charge >= 0.3 is 18.5 Å². The molecule has 0 aromatic rings. The van der Waals surface area contributed by atoms with Crippen LogP contribution in [0.25, 0.3) is 0 Å². The molecule has 0 saturated heterocycles. The molecule has 0 amide bonds. The van der Waals surface area contributed by atoms with Crippen molar-refractivity contribution in [1.82, 2.24) is 0 Å². The Morgan fingerprint density at radius 1 is 1.07 bits per heavy atom. The van der Waals surface area contributed by atoms with Crippen LogP contribution in [0.1, 0.15) is 6.92 Å². The van der Waals surface area contributed by atoms with Gasteiger partial charge in [-0.15, -0.1) is 0 Å². The lowest BCUT2D eigenvalue weighted by Crippen LogP contribution is -2.39. The SMILES string of the molecule is CC(F)C(F)(F)OCC(F)(F)C(F)F. The van der Waals surface area contributed by atoms with E-state index >= 15 is 0 Å². The van der Waals surface area contributed by atoms with Gasteiger partial charge in [-0.05, 0) is 6.92 Å². The highest BCUT2D eigenvalue weighted by atomic mass is 19.3. The number of rotatable bonds is 5. The Morgan fingerprint density at radius 2 is 1.50 bits per heavy atom. The van der Waals surface area contributed by atoms with E-state index in [4.69, 9.17) is 0 Å². The van der Waals surface area contributed by atoms with Gasteiger partial charge in [-0.2, -0.15) is 17.6 Å². The van der Waals surface area contributed by atoms with E-state index in [2.05, 4.69) is 4.74 Å². The minimum Gasteiger partial charge on any atom is -0.312 e. The monoisotopic (exact) mass is 228 g/mol. The van der Waals surface area contributed by atoms with Crippen molar-refractivity contribution >= 4 is 0 Å². The van der Waals surface area contributed by atoms with E-state index in [0.717, 1.165) is 0 Å². The maximum atomic E-state index is 12.2. The van der Waals surface area contributed by atoms with Crippen LogP contribution in [0.5, 0.6) is 0 Å². The summed E-state index contributed by atoms with van der Waals surface area (Å²) in [5.74, 6) is -4.71. The molecule has 0 aromatic carbocycles. The van der Waals surface area contributed by atoms with Crippen LogP contribution in [0, 0.1) is 0 Å². The van der Waals surface area contributed by atoms with Crippen molar-refractivity contribution < 1.29 is 35.5 Å². The summed E-state index contributed by atoms with van der Waals surface area (Å²) in [7, 11) is 0. The fraction of sp³-hybridized carbons (Fsp3) is 1.00. The summed E-state index contributed by atoms with van der Waals surface area (Å²) in [6.07, 6.45) is -11.5. The van der Waals surface area contributed by atoms with Gasteiger partial charge in [0.25, 0.3) is 0 Å². The second kappa shape index (κ2) is 4.33. The summed E-state index contributed by atoms with van der Waals surface area (Å²) in [6.45, 7) is -1.87.